The Morgan fingerprint density at radius 3 is 0.691 bits per heavy atom. The number of nitrogens with one attached hydrogen (secondary N) is 2. The lowest BCUT2D eigenvalue weighted by atomic mass is 9.94. The first-order valence-electron chi connectivity index (χ1n) is 21.3. The average Bonchev–Trinajstić information content (AvgIpc) is 4.10. The van der Waals surface area contributed by atoms with E-state index in [1.807, 2.05) is 0 Å². The maximum atomic E-state index is 16.2. The molecule has 4 aromatic carbocycles. The molecule has 6 bridgehead atoms. The Hall–Kier alpha value is -7.36. The monoisotopic (exact) mass is 942 g/mol. The molecule has 0 amide bonds. The van der Waals surface area contributed by atoms with Crippen LogP contribution in [0.3, 0.4) is 0 Å². The molecular weight excluding hydrogens is 909 g/mol. The highest BCUT2D eigenvalue weighted by molar-refractivity contribution is 5.89. The van der Waals surface area contributed by atoms with E-state index < -0.39 is 82.8 Å². The first kappa shape index (κ1) is 44.5. The Morgan fingerprint density at radius 2 is 0.500 bits per heavy atom. The number of alkyl halides is 12. The molecule has 0 unspecified atom stereocenters. The second kappa shape index (κ2) is 16.2. The van der Waals surface area contributed by atoms with E-state index in [-0.39, 0.29) is 78.8 Å². The van der Waals surface area contributed by atoms with Crippen molar-refractivity contribution in [2.75, 3.05) is 0 Å². The van der Waals surface area contributed by atoms with Crippen molar-refractivity contribution >= 4 is 22.3 Å². The van der Waals surface area contributed by atoms with Crippen LogP contribution in [0, 0.1) is 0 Å². The van der Waals surface area contributed by atoms with Crippen LogP contribution in [0.15, 0.2) is 146 Å². The largest absolute Gasteiger partial charge is 0.419 e. The fourth-order valence-corrected chi connectivity index (χ4v) is 9.84. The summed E-state index contributed by atoms with van der Waals surface area (Å²) in [6, 6.07) is 34.0. The molecule has 0 fully saturated rings. The zero-order valence-corrected chi connectivity index (χ0v) is 35.1. The number of benzene rings is 4. The minimum absolute atomic E-state index is 0.00852. The normalized spacial score (nSPS) is 16.3. The summed E-state index contributed by atoms with van der Waals surface area (Å²) in [5.74, 6) is 0. The molecule has 0 saturated carbocycles. The highest BCUT2D eigenvalue weighted by Gasteiger charge is 2.53. The summed E-state index contributed by atoms with van der Waals surface area (Å²) in [4.78, 5) is 5.91. The third kappa shape index (κ3) is 7.46. The maximum absolute atomic E-state index is 16.2. The zero-order valence-electron chi connectivity index (χ0n) is 35.1. The van der Waals surface area contributed by atoms with Gasteiger partial charge < -0.3 is 19.1 Å². The number of hydrogen-bond acceptors (Lipinski definition) is 0. The standard InChI is InChI=1S/C52H34F12N4/c53-49(54,55)41-42(50(56,57)58)46-39(31-19-9-3-10-20-31)35-25-26-36(66-35)40(32-21-11-4-12-22-32)48-44(52(62,63)64)43(51(59,60)61)47-38(30-17-7-2-8-18-30)34-24-23-33(65-34)37(29-15-5-1-6-16-29)45(41)67(46)27-13-14-28-68(47)48/h1-12,15-26,65-66H,13-14,27-28H2/b37-33-,38-34-,39-35?,40-36?,45-37?,46-39?,47-38?,48-40?. The molecule has 6 heterocycles. The average molecular weight is 943 g/mol. The van der Waals surface area contributed by atoms with E-state index in [4.69, 9.17) is 0 Å². The van der Waals surface area contributed by atoms with E-state index in [1.54, 1.807) is 24.3 Å². The van der Waals surface area contributed by atoms with Crippen molar-refractivity contribution in [3.8, 4) is 0 Å². The molecule has 0 radical (unpaired) electrons. The molecule has 0 atom stereocenters. The van der Waals surface area contributed by atoms with Gasteiger partial charge in [-0.1, -0.05) is 121 Å². The number of aromatic amines is 2. The highest BCUT2D eigenvalue weighted by atomic mass is 19.4. The second-order valence-electron chi connectivity index (χ2n) is 16.4. The Balaban J connectivity index is 1.61. The van der Waals surface area contributed by atoms with Crippen molar-refractivity contribution < 1.29 is 52.7 Å². The van der Waals surface area contributed by atoms with Gasteiger partial charge in [0.25, 0.3) is 0 Å². The molecule has 16 heteroatoms. The molecule has 68 heavy (non-hydrogen) atoms. The lowest BCUT2D eigenvalue weighted by Crippen LogP contribution is -2.23. The van der Waals surface area contributed by atoms with Crippen LogP contribution in [0.25, 0.3) is 22.3 Å². The predicted octanol–water partition coefficient (Wildman–Crippen LogP) is 11.1. The summed E-state index contributed by atoms with van der Waals surface area (Å²) in [6.45, 7) is -1.18. The topological polar surface area (TPSA) is 41.4 Å². The molecule has 2 aliphatic heterocycles. The maximum Gasteiger partial charge on any atom is 0.419 e. The SMILES string of the molecule is FC(F)(F)c1c(C(F)(F)F)c2n3c1C(c1ccccc1)=c1ccc([nH]1)=C(c1ccccc1)c1c(C(F)(F)F)c(C(F)(F)F)c(n1CCCC3)/C(c1ccccc1)=c1/cc/c([nH]1)=C/2c1ccccc1. The van der Waals surface area contributed by atoms with Crippen LogP contribution in [0.5, 0.6) is 0 Å². The molecule has 0 aliphatic carbocycles. The van der Waals surface area contributed by atoms with Gasteiger partial charge in [0.1, 0.15) is 0 Å². The van der Waals surface area contributed by atoms with Crippen molar-refractivity contribution in [2.45, 2.75) is 50.6 Å². The first-order valence-corrected chi connectivity index (χ1v) is 21.3. The van der Waals surface area contributed by atoms with Gasteiger partial charge in [0.05, 0.1) is 45.0 Å². The van der Waals surface area contributed by atoms with Crippen LogP contribution >= 0.6 is 0 Å². The molecule has 4 aromatic heterocycles. The van der Waals surface area contributed by atoms with Gasteiger partial charge in [0.2, 0.25) is 0 Å². The van der Waals surface area contributed by atoms with Gasteiger partial charge in [-0.3, -0.25) is 0 Å². The highest BCUT2D eigenvalue weighted by Crippen LogP contribution is 2.52. The van der Waals surface area contributed by atoms with Crippen molar-refractivity contribution in [3.05, 3.63) is 234 Å². The third-order valence-electron chi connectivity index (χ3n) is 12.3. The molecule has 10 rings (SSSR count). The number of fused-ring (bicyclic) bond motifs is 7. The van der Waals surface area contributed by atoms with Crippen LogP contribution in [0.1, 0.15) is 80.1 Å². The van der Waals surface area contributed by atoms with E-state index in [0.717, 1.165) is 9.13 Å². The number of nitrogens with zero attached hydrogens (tertiary/aromatic N) is 2. The van der Waals surface area contributed by atoms with Gasteiger partial charge >= 0.3 is 24.7 Å². The summed E-state index contributed by atoms with van der Waals surface area (Å²) >= 11 is 0. The number of aromatic nitrogens is 4. The predicted molar refractivity (Wildman–Crippen MR) is 230 cm³/mol. The zero-order chi connectivity index (χ0) is 47.9. The first-order chi connectivity index (χ1) is 32.3. The van der Waals surface area contributed by atoms with E-state index in [2.05, 4.69) is 9.97 Å². The molecule has 0 saturated heterocycles. The molecule has 2 N–H and O–H groups in total. The number of rotatable bonds is 4. The van der Waals surface area contributed by atoms with Crippen LogP contribution < -0.4 is 21.4 Å². The summed E-state index contributed by atoms with van der Waals surface area (Å²) in [7, 11) is 0. The van der Waals surface area contributed by atoms with Crippen molar-refractivity contribution in [3.63, 3.8) is 0 Å². The third-order valence-corrected chi connectivity index (χ3v) is 12.3. The quantitative estimate of drug-likeness (QED) is 0.165. The minimum atomic E-state index is -5.67. The van der Waals surface area contributed by atoms with Crippen molar-refractivity contribution in [1.29, 1.82) is 0 Å². The van der Waals surface area contributed by atoms with Gasteiger partial charge in [-0.05, 0) is 59.4 Å². The summed E-state index contributed by atoms with van der Waals surface area (Å²) in [5, 5.41) is -1.01. The lowest BCUT2D eigenvalue weighted by Gasteiger charge is -2.20. The second-order valence-corrected chi connectivity index (χ2v) is 16.4. The van der Waals surface area contributed by atoms with Crippen molar-refractivity contribution in [1.82, 2.24) is 19.1 Å². The fraction of sp³-hybridized carbons (Fsp3) is 0.154. The Morgan fingerprint density at radius 1 is 0.294 bits per heavy atom. The lowest BCUT2D eigenvalue weighted by molar-refractivity contribution is -0.161. The van der Waals surface area contributed by atoms with Crippen LogP contribution in [0.2, 0.25) is 0 Å². The van der Waals surface area contributed by atoms with Crippen molar-refractivity contribution in [2.24, 2.45) is 0 Å². The molecule has 2 aliphatic rings. The fourth-order valence-electron chi connectivity index (χ4n) is 9.84. The van der Waals surface area contributed by atoms with E-state index in [9.17, 15) is 0 Å². The van der Waals surface area contributed by atoms with Crippen LogP contribution in [-0.2, 0) is 37.8 Å². The smallest absolute Gasteiger partial charge is 0.354 e. The summed E-state index contributed by atoms with van der Waals surface area (Å²) < 4.78 is 196. The van der Waals surface area contributed by atoms with Gasteiger partial charge in [-0.15, -0.1) is 0 Å². The van der Waals surface area contributed by atoms with Crippen LogP contribution in [-0.4, -0.2) is 19.1 Å². The van der Waals surface area contributed by atoms with E-state index >= 15 is 52.7 Å². The Kier molecular flexibility index (Phi) is 10.6. The molecular formula is C52H34F12N4. The van der Waals surface area contributed by atoms with Crippen LogP contribution in [0.4, 0.5) is 52.7 Å². The molecule has 8 aromatic rings. The minimum Gasteiger partial charge on any atom is -0.354 e. The number of halogens is 12. The summed E-state index contributed by atoms with van der Waals surface area (Å²) in [5.41, 5.74) is -13.0. The Bertz CT molecular complexity index is 3020. The number of hydrogen-bond donors (Lipinski definition) is 2. The molecule has 346 valence electrons. The summed E-state index contributed by atoms with van der Waals surface area (Å²) in [6.07, 6.45) is -23.3. The number of H-pyrrole nitrogens is 2. The van der Waals surface area contributed by atoms with Gasteiger partial charge in [0, 0.05) is 56.8 Å². The molecule has 4 nitrogen and oxygen atoms in total. The van der Waals surface area contributed by atoms with Gasteiger partial charge in [-0.2, -0.15) is 52.7 Å². The van der Waals surface area contributed by atoms with Gasteiger partial charge in [-0.25, -0.2) is 0 Å². The Labute approximate surface area is 378 Å². The van der Waals surface area contributed by atoms with Gasteiger partial charge in [0.15, 0.2) is 0 Å². The van der Waals surface area contributed by atoms with E-state index in [0.29, 0.717) is 0 Å². The molecule has 0 spiro atoms. The van der Waals surface area contributed by atoms with E-state index in [1.165, 1.54) is 121 Å².